The highest BCUT2D eigenvalue weighted by Gasteiger charge is 2.33. The maximum atomic E-state index is 13.0. The van der Waals surface area contributed by atoms with Crippen LogP contribution in [-0.4, -0.2) is 25.9 Å². The molecule has 0 fully saturated rings. The molecule has 0 atom stereocenters. The van der Waals surface area contributed by atoms with E-state index in [1.165, 1.54) is 53.6 Å². The molecule has 2 aromatic carbocycles. The fourth-order valence-electron chi connectivity index (χ4n) is 3.24. The van der Waals surface area contributed by atoms with Crippen LogP contribution in [0.3, 0.4) is 0 Å². The third-order valence-electron chi connectivity index (χ3n) is 4.69. The average molecular weight is 468 g/mol. The van der Waals surface area contributed by atoms with E-state index in [-0.39, 0.29) is 39.9 Å². The van der Waals surface area contributed by atoms with E-state index >= 15 is 0 Å². The summed E-state index contributed by atoms with van der Waals surface area (Å²) in [5.74, 6) is -0.600. The van der Waals surface area contributed by atoms with Crippen LogP contribution in [0.15, 0.2) is 52.9 Å². The molecule has 4 rings (SSSR count). The first-order chi connectivity index (χ1) is 14.6. The summed E-state index contributed by atoms with van der Waals surface area (Å²) in [6.07, 6.45) is -2.99. The highest BCUT2D eigenvalue weighted by Crippen LogP contribution is 2.41. The number of hydrogen-bond donors (Lipinski definition) is 0. The molecule has 1 aliphatic rings. The highest BCUT2D eigenvalue weighted by atomic mass is 32.2. The molecule has 0 aliphatic carbocycles. The Morgan fingerprint density at radius 3 is 2.55 bits per heavy atom. The number of hydrogen-bond acceptors (Lipinski definition) is 6. The van der Waals surface area contributed by atoms with Gasteiger partial charge in [0.05, 0.1) is 21.8 Å². The summed E-state index contributed by atoms with van der Waals surface area (Å²) in [6.45, 7) is 1.10. The fourth-order valence-corrected chi connectivity index (χ4v) is 5.51. The number of ether oxygens (including phenoxy) is 1. The number of nitrogens with zero attached hydrogens (tertiary/aromatic N) is 2. The van der Waals surface area contributed by atoms with E-state index < -0.39 is 27.5 Å². The molecule has 1 amide bonds. The van der Waals surface area contributed by atoms with Crippen molar-refractivity contribution in [3.8, 4) is 5.75 Å². The first kappa shape index (κ1) is 21.3. The zero-order valence-corrected chi connectivity index (χ0v) is 17.6. The molecule has 0 saturated carbocycles. The number of halogens is 3. The molecule has 0 N–H and O–H groups in total. The summed E-state index contributed by atoms with van der Waals surface area (Å²) in [5.41, 5.74) is -0.0527. The monoisotopic (exact) mass is 468 g/mol. The van der Waals surface area contributed by atoms with Crippen molar-refractivity contribution in [1.82, 2.24) is 4.98 Å². The maximum absolute atomic E-state index is 13.0. The number of fused-ring (bicyclic) bond motifs is 1. The molecule has 3 aromatic rings. The molecule has 6 nitrogen and oxygen atoms in total. The fraction of sp³-hybridized carbons (Fsp3) is 0.200. The van der Waals surface area contributed by atoms with E-state index in [0.717, 1.165) is 12.1 Å². The number of amides is 1. The largest absolute Gasteiger partial charge is 0.481 e. The Morgan fingerprint density at radius 2 is 1.90 bits per heavy atom. The van der Waals surface area contributed by atoms with Crippen LogP contribution in [0.2, 0.25) is 0 Å². The quantitative estimate of drug-likeness (QED) is 0.564. The van der Waals surface area contributed by atoms with Gasteiger partial charge in [0.15, 0.2) is 16.4 Å². The van der Waals surface area contributed by atoms with Crippen molar-refractivity contribution >= 4 is 38.5 Å². The van der Waals surface area contributed by atoms with Gasteiger partial charge in [0, 0.05) is 17.6 Å². The van der Waals surface area contributed by atoms with Crippen molar-refractivity contribution < 1.29 is 31.1 Å². The molecule has 0 radical (unpaired) electrons. The van der Waals surface area contributed by atoms with Gasteiger partial charge in [-0.05, 0) is 42.8 Å². The minimum atomic E-state index is -4.50. The van der Waals surface area contributed by atoms with E-state index in [9.17, 15) is 26.4 Å². The minimum absolute atomic E-state index is 0.000102. The lowest BCUT2D eigenvalue weighted by molar-refractivity contribution is -0.137. The van der Waals surface area contributed by atoms with Gasteiger partial charge in [0.1, 0.15) is 16.5 Å². The van der Waals surface area contributed by atoms with Crippen molar-refractivity contribution in [3.63, 3.8) is 0 Å². The van der Waals surface area contributed by atoms with Crippen LogP contribution in [0.25, 0.3) is 0 Å². The number of thiazole rings is 1. The van der Waals surface area contributed by atoms with Crippen LogP contribution < -0.4 is 9.64 Å². The number of aromatic nitrogens is 1. The Morgan fingerprint density at radius 1 is 1.16 bits per heavy atom. The summed E-state index contributed by atoms with van der Waals surface area (Å²) in [5, 5.41) is 2.12. The summed E-state index contributed by atoms with van der Waals surface area (Å²) < 4.78 is 69.8. The smallest absolute Gasteiger partial charge is 0.416 e. The molecule has 31 heavy (non-hydrogen) atoms. The van der Waals surface area contributed by atoms with Gasteiger partial charge in [-0.25, -0.2) is 13.4 Å². The van der Waals surface area contributed by atoms with Crippen LogP contribution in [-0.2, 0) is 26.6 Å². The molecule has 0 spiro atoms. The predicted molar refractivity (Wildman–Crippen MR) is 108 cm³/mol. The molecule has 0 bridgehead atoms. The number of carbonyl (C=O) groups is 1. The molecule has 2 heterocycles. The van der Waals surface area contributed by atoms with Crippen LogP contribution in [0.5, 0.6) is 5.75 Å². The second-order valence-corrected chi connectivity index (χ2v) is 9.80. The van der Waals surface area contributed by atoms with Gasteiger partial charge in [0.25, 0.3) is 5.91 Å². The zero-order chi connectivity index (χ0) is 22.4. The number of alkyl halides is 3. The van der Waals surface area contributed by atoms with Crippen molar-refractivity contribution in [3.05, 3.63) is 64.1 Å². The summed E-state index contributed by atoms with van der Waals surface area (Å²) in [6, 6.07) is 7.16. The number of anilines is 2. The van der Waals surface area contributed by atoms with Gasteiger partial charge in [0.2, 0.25) is 0 Å². The van der Waals surface area contributed by atoms with E-state index in [1.807, 2.05) is 0 Å². The van der Waals surface area contributed by atoms with Crippen LogP contribution in [0, 0.1) is 6.92 Å². The molecular formula is C20H15F3N2O4S2. The zero-order valence-electron chi connectivity index (χ0n) is 16.0. The Hall–Kier alpha value is -2.92. The van der Waals surface area contributed by atoms with E-state index in [0.29, 0.717) is 5.01 Å². The predicted octanol–water partition coefficient (Wildman–Crippen LogP) is 4.50. The van der Waals surface area contributed by atoms with Crippen LogP contribution >= 0.6 is 11.3 Å². The van der Waals surface area contributed by atoms with Crippen LogP contribution in [0.1, 0.15) is 16.1 Å². The standard InChI is InChI=1S/C20H15F3N2O4S2/c1-12-8-13(20(21,22)23)2-4-15(12)25-16-5-3-14(9-17(16)29-10-19(25)26)31(27,28)11-18-24-6-7-30-18/h2-9H,10-11H2,1H3. The average Bonchev–Trinajstić information content (AvgIpc) is 3.19. The molecular weight excluding hydrogens is 453 g/mol. The van der Waals surface area contributed by atoms with E-state index in [2.05, 4.69) is 4.98 Å². The number of sulfone groups is 1. The molecule has 0 unspecified atom stereocenters. The van der Waals surface area contributed by atoms with Crippen molar-refractivity contribution in [1.29, 1.82) is 0 Å². The lowest BCUT2D eigenvalue weighted by Crippen LogP contribution is -2.35. The number of carbonyl (C=O) groups excluding carboxylic acids is 1. The lowest BCUT2D eigenvalue weighted by Gasteiger charge is -2.31. The summed E-state index contributed by atoms with van der Waals surface area (Å²) >= 11 is 1.22. The van der Waals surface area contributed by atoms with Gasteiger partial charge < -0.3 is 4.74 Å². The van der Waals surface area contributed by atoms with Gasteiger partial charge in [-0.1, -0.05) is 0 Å². The number of rotatable bonds is 4. The molecule has 1 aliphatic heterocycles. The second-order valence-electron chi connectivity index (χ2n) is 6.83. The van der Waals surface area contributed by atoms with Crippen molar-refractivity contribution in [2.24, 2.45) is 0 Å². The lowest BCUT2D eigenvalue weighted by atomic mass is 10.1. The van der Waals surface area contributed by atoms with E-state index in [1.54, 1.807) is 5.38 Å². The Labute approximate surface area is 179 Å². The third kappa shape index (κ3) is 4.15. The van der Waals surface area contributed by atoms with Gasteiger partial charge in [-0.3, -0.25) is 9.69 Å². The Balaban J connectivity index is 1.72. The normalized spacial score (nSPS) is 14.3. The number of aryl methyl sites for hydroxylation is 1. The molecule has 0 saturated heterocycles. The summed E-state index contributed by atoms with van der Waals surface area (Å²) in [4.78, 5) is 17.8. The SMILES string of the molecule is Cc1cc(C(F)(F)F)ccc1N1C(=O)COc2cc(S(=O)(=O)Cc3nccs3)ccc21. The van der Waals surface area contributed by atoms with Crippen LogP contribution in [0.4, 0.5) is 24.5 Å². The topological polar surface area (TPSA) is 76.6 Å². The molecule has 11 heteroatoms. The third-order valence-corrected chi connectivity index (χ3v) is 7.28. The second kappa shape index (κ2) is 7.65. The van der Waals surface area contributed by atoms with Gasteiger partial charge in [-0.2, -0.15) is 13.2 Å². The Kier molecular flexibility index (Phi) is 5.26. The first-order valence-electron chi connectivity index (χ1n) is 8.95. The van der Waals surface area contributed by atoms with Gasteiger partial charge >= 0.3 is 6.18 Å². The Bertz CT molecular complexity index is 1260. The van der Waals surface area contributed by atoms with E-state index in [4.69, 9.17) is 4.74 Å². The van der Waals surface area contributed by atoms with Gasteiger partial charge in [-0.15, -0.1) is 11.3 Å². The summed E-state index contributed by atoms with van der Waals surface area (Å²) in [7, 11) is -3.70. The number of benzene rings is 2. The maximum Gasteiger partial charge on any atom is 0.416 e. The highest BCUT2D eigenvalue weighted by molar-refractivity contribution is 7.90. The van der Waals surface area contributed by atoms with Crippen molar-refractivity contribution in [2.45, 2.75) is 23.7 Å². The molecule has 1 aromatic heterocycles. The first-order valence-corrected chi connectivity index (χ1v) is 11.5. The minimum Gasteiger partial charge on any atom is -0.481 e. The molecule has 162 valence electrons. The van der Waals surface area contributed by atoms with Crippen molar-refractivity contribution in [2.75, 3.05) is 11.5 Å².